The van der Waals surface area contributed by atoms with Gasteiger partial charge in [0.05, 0.1) is 5.56 Å². The lowest BCUT2D eigenvalue weighted by Gasteiger charge is -2.06. The maximum atomic E-state index is 11.9. The summed E-state index contributed by atoms with van der Waals surface area (Å²) >= 11 is 0. The lowest BCUT2D eigenvalue weighted by Crippen LogP contribution is -2.17. The van der Waals surface area contributed by atoms with Crippen LogP contribution in [-0.2, 0) is 0 Å². The fourth-order valence-corrected chi connectivity index (χ4v) is 1.80. The molecule has 4 heteroatoms. The minimum absolute atomic E-state index is 0.0127. The summed E-state index contributed by atoms with van der Waals surface area (Å²) in [6.07, 6.45) is 3.43. The van der Waals surface area contributed by atoms with Crippen LogP contribution in [0.5, 0.6) is 5.75 Å². The predicted octanol–water partition coefficient (Wildman–Crippen LogP) is 3.06. The van der Waals surface area contributed by atoms with E-state index in [-0.39, 0.29) is 11.3 Å². The highest BCUT2D eigenvalue weighted by atomic mass is 16.3. The Kier molecular flexibility index (Phi) is 4.13. The van der Waals surface area contributed by atoms with Gasteiger partial charge in [0.1, 0.15) is 5.75 Å². The molecule has 1 amide bonds. The van der Waals surface area contributed by atoms with Crippen LogP contribution in [0.1, 0.15) is 30.1 Å². The lowest BCUT2D eigenvalue weighted by atomic mass is 10.1. The number of hydrogen-bond donors (Lipinski definition) is 2. The molecule has 0 saturated heterocycles. The summed E-state index contributed by atoms with van der Waals surface area (Å²) in [4.78, 5) is 11.9. The Hall–Kier alpha value is -2.36. The van der Waals surface area contributed by atoms with Gasteiger partial charge in [-0.25, -0.2) is 5.43 Å². The number of nitrogens with zero attached hydrogens (tertiary/aromatic N) is 1. The molecule has 98 valence electrons. The van der Waals surface area contributed by atoms with Gasteiger partial charge in [-0.1, -0.05) is 43.7 Å². The smallest absolute Gasteiger partial charge is 0.275 e. The Balaban J connectivity index is 2.25. The molecule has 0 saturated carbocycles. The van der Waals surface area contributed by atoms with Gasteiger partial charge in [-0.3, -0.25) is 4.79 Å². The Morgan fingerprint density at radius 1 is 1.32 bits per heavy atom. The molecule has 0 spiro atoms. The van der Waals surface area contributed by atoms with Crippen LogP contribution in [0.25, 0.3) is 10.8 Å². The average Bonchev–Trinajstić information content (AvgIpc) is 2.44. The topological polar surface area (TPSA) is 61.7 Å². The van der Waals surface area contributed by atoms with Crippen LogP contribution in [0.3, 0.4) is 0 Å². The van der Waals surface area contributed by atoms with Crippen molar-refractivity contribution in [3.8, 4) is 5.75 Å². The average molecular weight is 256 g/mol. The van der Waals surface area contributed by atoms with Gasteiger partial charge in [0.15, 0.2) is 0 Å². The largest absolute Gasteiger partial charge is 0.506 e. The normalized spacial score (nSPS) is 11.0. The van der Waals surface area contributed by atoms with Gasteiger partial charge in [0.25, 0.3) is 5.91 Å². The Labute approximate surface area is 111 Å². The van der Waals surface area contributed by atoms with Crippen molar-refractivity contribution in [2.45, 2.75) is 19.8 Å². The molecule has 0 radical (unpaired) electrons. The van der Waals surface area contributed by atoms with Crippen molar-refractivity contribution in [2.75, 3.05) is 0 Å². The Bertz CT molecular complexity index is 621. The van der Waals surface area contributed by atoms with Gasteiger partial charge in [-0.2, -0.15) is 5.10 Å². The van der Waals surface area contributed by atoms with Crippen molar-refractivity contribution in [3.63, 3.8) is 0 Å². The first-order chi connectivity index (χ1) is 9.24. The highest BCUT2D eigenvalue weighted by molar-refractivity contribution is 6.03. The summed E-state index contributed by atoms with van der Waals surface area (Å²) in [6, 6.07) is 10.8. The van der Waals surface area contributed by atoms with E-state index in [9.17, 15) is 9.90 Å². The monoisotopic (exact) mass is 256 g/mol. The van der Waals surface area contributed by atoms with Crippen molar-refractivity contribution < 1.29 is 9.90 Å². The number of carbonyl (C=O) groups is 1. The molecule has 0 atom stereocenters. The fourth-order valence-electron chi connectivity index (χ4n) is 1.80. The third kappa shape index (κ3) is 2.91. The molecular formula is C15H16N2O2. The number of phenols is 1. The summed E-state index contributed by atoms with van der Waals surface area (Å²) in [5.41, 5.74) is 2.64. The Morgan fingerprint density at radius 2 is 2.11 bits per heavy atom. The van der Waals surface area contributed by atoms with Gasteiger partial charge in [-0.05, 0) is 17.9 Å². The quantitative estimate of drug-likeness (QED) is 0.652. The van der Waals surface area contributed by atoms with Crippen molar-refractivity contribution in [2.24, 2.45) is 5.10 Å². The summed E-state index contributed by atoms with van der Waals surface area (Å²) in [5.74, 6) is -0.420. The fraction of sp³-hybridized carbons (Fsp3) is 0.200. The molecule has 4 nitrogen and oxygen atoms in total. The Morgan fingerprint density at radius 3 is 2.89 bits per heavy atom. The van der Waals surface area contributed by atoms with Gasteiger partial charge >= 0.3 is 0 Å². The first-order valence-electron chi connectivity index (χ1n) is 6.26. The number of hydrogen-bond acceptors (Lipinski definition) is 3. The number of unbranched alkanes of at least 4 members (excludes halogenated alkanes) is 1. The van der Waals surface area contributed by atoms with Gasteiger partial charge in [0, 0.05) is 11.6 Å². The summed E-state index contributed by atoms with van der Waals surface area (Å²) in [7, 11) is 0. The second kappa shape index (κ2) is 6.00. The van der Waals surface area contributed by atoms with E-state index < -0.39 is 5.91 Å². The molecule has 2 aromatic carbocycles. The van der Waals surface area contributed by atoms with E-state index in [1.54, 1.807) is 24.4 Å². The van der Waals surface area contributed by atoms with E-state index in [1.807, 2.05) is 25.1 Å². The van der Waals surface area contributed by atoms with Crippen molar-refractivity contribution in [1.29, 1.82) is 0 Å². The van der Waals surface area contributed by atoms with E-state index in [0.717, 1.165) is 18.2 Å². The van der Waals surface area contributed by atoms with E-state index in [4.69, 9.17) is 0 Å². The third-order valence-corrected chi connectivity index (χ3v) is 2.82. The number of phenolic OH excluding ortho intramolecular Hbond substituents is 1. The third-order valence-electron chi connectivity index (χ3n) is 2.82. The first-order valence-corrected chi connectivity index (χ1v) is 6.26. The molecule has 2 N–H and O–H groups in total. The predicted molar refractivity (Wildman–Crippen MR) is 76.5 cm³/mol. The highest BCUT2D eigenvalue weighted by Crippen LogP contribution is 2.28. The zero-order valence-corrected chi connectivity index (χ0v) is 10.8. The number of hydrazone groups is 1. The molecule has 0 aliphatic rings. The zero-order chi connectivity index (χ0) is 13.7. The molecular weight excluding hydrogens is 240 g/mol. The first kappa shape index (κ1) is 13.1. The van der Waals surface area contributed by atoms with Crippen molar-refractivity contribution >= 4 is 22.9 Å². The summed E-state index contributed by atoms with van der Waals surface area (Å²) < 4.78 is 0. The number of benzene rings is 2. The van der Waals surface area contributed by atoms with Crippen LogP contribution in [-0.4, -0.2) is 17.2 Å². The second-order valence-electron chi connectivity index (χ2n) is 4.22. The van der Waals surface area contributed by atoms with E-state index >= 15 is 0 Å². The second-order valence-corrected chi connectivity index (χ2v) is 4.22. The highest BCUT2D eigenvalue weighted by Gasteiger charge is 2.12. The number of aromatic hydroxyl groups is 1. The molecule has 0 heterocycles. The zero-order valence-electron chi connectivity index (χ0n) is 10.8. The molecule has 0 aliphatic carbocycles. The number of fused-ring (bicyclic) bond motifs is 1. The number of rotatable bonds is 4. The molecule has 0 aromatic heterocycles. The minimum atomic E-state index is -0.407. The lowest BCUT2D eigenvalue weighted by molar-refractivity contribution is 0.0952. The van der Waals surface area contributed by atoms with Gasteiger partial charge in [-0.15, -0.1) is 0 Å². The van der Waals surface area contributed by atoms with Crippen LogP contribution in [0.15, 0.2) is 41.5 Å². The summed E-state index contributed by atoms with van der Waals surface area (Å²) in [6.45, 7) is 2.03. The maximum absolute atomic E-state index is 11.9. The van der Waals surface area contributed by atoms with Crippen LogP contribution in [0.2, 0.25) is 0 Å². The number of nitrogens with one attached hydrogen (secondary N) is 1. The van der Waals surface area contributed by atoms with Gasteiger partial charge in [0.2, 0.25) is 0 Å². The number of amides is 1. The van der Waals surface area contributed by atoms with Crippen LogP contribution < -0.4 is 5.43 Å². The molecule has 0 bridgehead atoms. The molecule has 2 aromatic rings. The van der Waals surface area contributed by atoms with E-state index in [1.165, 1.54) is 0 Å². The van der Waals surface area contributed by atoms with Crippen LogP contribution >= 0.6 is 0 Å². The van der Waals surface area contributed by atoms with Crippen molar-refractivity contribution in [3.05, 3.63) is 42.0 Å². The molecule has 0 fully saturated rings. The standard InChI is InChI=1S/C15H16N2O2/c1-2-3-10-16-17-15(19)13-9-8-11-6-4-5-7-12(11)14(13)18/h4-10,18H,2-3H2,1H3,(H,17,19). The molecule has 0 unspecified atom stereocenters. The molecule has 19 heavy (non-hydrogen) atoms. The van der Waals surface area contributed by atoms with Gasteiger partial charge < -0.3 is 5.11 Å². The van der Waals surface area contributed by atoms with E-state index in [0.29, 0.717) is 5.39 Å². The molecule has 2 rings (SSSR count). The maximum Gasteiger partial charge on any atom is 0.275 e. The summed E-state index contributed by atoms with van der Waals surface area (Å²) in [5, 5.41) is 15.5. The van der Waals surface area contributed by atoms with Crippen LogP contribution in [0, 0.1) is 0 Å². The van der Waals surface area contributed by atoms with Crippen molar-refractivity contribution in [1.82, 2.24) is 5.43 Å². The van der Waals surface area contributed by atoms with E-state index in [2.05, 4.69) is 10.5 Å². The van der Waals surface area contributed by atoms with Crippen LogP contribution in [0.4, 0.5) is 0 Å². The SMILES string of the molecule is CCCC=NNC(=O)c1ccc2ccccc2c1O. The molecule has 0 aliphatic heterocycles. The minimum Gasteiger partial charge on any atom is -0.506 e. The number of carbonyl (C=O) groups excluding carboxylic acids is 1.